The molecule has 1 amide bonds. The Morgan fingerprint density at radius 3 is 2.67 bits per heavy atom. The monoisotopic (exact) mass is 469 g/mol. The summed E-state index contributed by atoms with van der Waals surface area (Å²) >= 11 is 7.15. The highest BCUT2D eigenvalue weighted by Gasteiger charge is 2.42. The molecule has 10 heteroatoms. The van der Waals surface area contributed by atoms with E-state index in [9.17, 15) is 13.2 Å². The molecule has 0 spiro atoms. The van der Waals surface area contributed by atoms with E-state index in [0.29, 0.717) is 26.4 Å². The Hall–Kier alpha value is -1.68. The van der Waals surface area contributed by atoms with Crippen molar-refractivity contribution in [2.24, 2.45) is 0 Å². The minimum absolute atomic E-state index is 0.00963. The number of rotatable bonds is 6. The van der Waals surface area contributed by atoms with E-state index < -0.39 is 15.9 Å². The molecule has 3 heterocycles. The van der Waals surface area contributed by atoms with Gasteiger partial charge in [-0.2, -0.15) is 0 Å². The van der Waals surface area contributed by atoms with E-state index in [1.54, 1.807) is 31.2 Å². The molecule has 2 fully saturated rings. The number of sulfone groups is 1. The molecule has 162 valence electrons. The molecule has 7 nitrogen and oxygen atoms in total. The van der Waals surface area contributed by atoms with Crippen LogP contribution in [0.3, 0.4) is 0 Å². The molecule has 2 aliphatic rings. The molecular weight excluding hydrogens is 446 g/mol. The molecule has 1 aromatic carbocycles. The molecule has 2 aromatic rings. The van der Waals surface area contributed by atoms with Crippen LogP contribution in [0.5, 0.6) is 5.75 Å². The summed E-state index contributed by atoms with van der Waals surface area (Å²) in [5.74, 6) is 0.501. The summed E-state index contributed by atoms with van der Waals surface area (Å²) in [4.78, 5) is 20.0. The average molecular weight is 470 g/mol. The van der Waals surface area contributed by atoms with Gasteiger partial charge in [-0.1, -0.05) is 11.6 Å². The fourth-order valence-electron chi connectivity index (χ4n) is 4.03. The maximum absolute atomic E-state index is 12.9. The third-order valence-corrected chi connectivity index (χ3v) is 8.57. The van der Waals surface area contributed by atoms with Gasteiger partial charge in [-0.3, -0.25) is 9.69 Å². The van der Waals surface area contributed by atoms with Crippen molar-refractivity contribution in [2.45, 2.75) is 38.5 Å². The van der Waals surface area contributed by atoms with Gasteiger partial charge in [0.1, 0.15) is 22.2 Å². The number of ether oxygens (including phenoxy) is 1. The van der Waals surface area contributed by atoms with Crippen LogP contribution in [0.1, 0.15) is 33.2 Å². The second kappa shape index (κ2) is 8.82. The van der Waals surface area contributed by atoms with Gasteiger partial charge in [0, 0.05) is 11.1 Å². The van der Waals surface area contributed by atoms with Crippen LogP contribution in [-0.4, -0.2) is 60.9 Å². The molecule has 4 rings (SSSR count). The fraction of sp³-hybridized carbons (Fsp3) is 0.500. The second-order valence-corrected chi connectivity index (χ2v) is 11.4. The van der Waals surface area contributed by atoms with Crippen molar-refractivity contribution >= 4 is 38.7 Å². The molecule has 30 heavy (non-hydrogen) atoms. The lowest BCUT2D eigenvalue weighted by Gasteiger charge is -2.28. The van der Waals surface area contributed by atoms with Crippen LogP contribution in [0.2, 0.25) is 5.02 Å². The van der Waals surface area contributed by atoms with Gasteiger partial charge in [-0.15, -0.1) is 11.3 Å². The number of carbonyl (C=O) groups is 1. The molecule has 1 N–H and O–H groups in total. The lowest BCUT2D eigenvalue weighted by atomic mass is 10.1. The molecular formula is C20H24ClN3O4S2. The van der Waals surface area contributed by atoms with Gasteiger partial charge in [-0.25, -0.2) is 13.4 Å². The van der Waals surface area contributed by atoms with Crippen molar-refractivity contribution < 1.29 is 17.9 Å². The number of nitrogens with zero attached hydrogens (tertiary/aromatic N) is 2. The van der Waals surface area contributed by atoms with Crippen molar-refractivity contribution in [1.82, 2.24) is 15.2 Å². The summed E-state index contributed by atoms with van der Waals surface area (Å²) in [6.45, 7) is 3.80. The van der Waals surface area contributed by atoms with Crippen LogP contribution in [-0.2, 0) is 16.4 Å². The Morgan fingerprint density at radius 2 is 1.97 bits per heavy atom. The van der Waals surface area contributed by atoms with Crippen LogP contribution in [0.4, 0.5) is 0 Å². The predicted molar refractivity (Wildman–Crippen MR) is 117 cm³/mol. The summed E-state index contributed by atoms with van der Waals surface area (Å²) in [5.41, 5.74) is 0.616. The smallest absolute Gasteiger partial charge is 0.263 e. The third kappa shape index (κ3) is 4.96. The highest BCUT2D eigenvalue weighted by atomic mass is 35.5. The summed E-state index contributed by atoms with van der Waals surface area (Å²) in [6, 6.07) is 6.49. The normalized spacial score (nSPS) is 23.5. The topological polar surface area (TPSA) is 88.6 Å². The highest BCUT2D eigenvalue weighted by molar-refractivity contribution is 7.91. The van der Waals surface area contributed by atoms with E-state index in [4.69, 9.17) is 16.3 Å². The standard InChI is InChI=1S/C20H24ClN3O4S2/c1-13-19(29-18(22-13)10-28-15-6-4-14(21)5-7-15)20(25)23-16-11-30(26,27)12-17(16)24-8-2-3-9-24/h4-7,16-17H,2-3,8-12H2,1H3,(H,23,25). The van der Waals surface area contributed by atoms with E-state index in [1.165, 1.54) is 11.3 Å². The maximum Gasteiger partial charge on any atom is 0.263 e. The number of aryl methyl sites for hydroxylation is 1. The maximum atomic E-state index is 12.9. The fourth-order valence-corrected chi connectivity index (χ4v) is 6.99. The second-order valence-electron chi connectivity index (χ2n) is 7.73. The van der Waals surface area contributed by atoms with E-state index >= 15 is 0 Å². The molecule has 2 saturated heterocycles. The van der Waals surface area contributed by atoms with E-state index in [0.717, 1.165) is 25.9 Å². The molecule has 2 atom stereocenters. The number of carbonyl (C=O) groups excluding carboxylic acids is 1. The van der Waals surface area contributed by atoms with Crippen molar-refractivity contribution in [3.05, 3.63) is 44.9 Å². The zero-order chi connectivity index (χ0) is 21.3. The van der Waals surface area contributed by atoms with Gasteiger partial charge in [0.15, 0.2) is 9.84 Å². The zero-order valence-electron chi connectivity index (χ0n) is 16.6. The first kappa shape index (κ1) is 21.5. The lowest BCUT2D eigenvalue weighted by molar-refractivity contribution is 0.0922. The van der Waals surface area contributed by atoms with Crippen molar-refractivity contribution in [3.8, 4) is 5.75 Å². The Labute approximate surface area is 185 Å². The number of nitrogens with one attached hydrogen (secondary N) is 1. The molecule has 0 aliphatic carbocycles. The molecule has 1 aromatic heterocycles. The van der Waals surface area contributed by atoms with Crippen LogP contribution >= 0.6 is 22.9 Å². The van der Waals surface area contributed by atoms with E-state index in [-0.39, 0.29) is 30.1 Å². The van der Waals surface area contributed by atoms with Crippen LogP contribution in [0.25, 0.3) is 0 Å². The van der Waals surface area contributed by atoms with Gasteiger partial charge in [0.05, 0.1) is 23.2 Å². The summed E-state index contributed by atoms with van der Waals surface area (Å²) in [5, 5.41) is 4.28. The number of hydrogen-bond acceptors (Lipinski definition) is 7. The number of thiazole rings is 1. The van der Waals surface area contributed by atoms with Gasteiger partial charge in [-0.05, 0) is 57.1 Å². The summed E-state index contributed by atoms with van der Waals surface area (Å²) < 4.78 is 30.2. The number of halogens is 1. The molecule has 0 saturated carbocycles. The van der Waals surface area contributed by atoms with Crippen molar-refractivity contribution in [3.63, 3.8) is 0 Å². The molecule has 0 bridgehead atoms. The Balaban J connectivity index is 1.42. The van der Waals surface area contributed by atoms with E-state index in [2.05, 4.69) is 15.2 Å². The number of amides is 1. The van der Waals surface area contributed by atoms with Gasteiger partial charge < -0.3 is 10.1 Å². The van der Waals surface area contributed by atoms with Crippen LogP contribution < -0.4 is 10.1 Å². The average Bonchev–Trinajstić information content (AvgIpc) is 3.40. The van der Waals surface area contributed by atoms with Crippen molar-refractivity contribution in [1.29, 1.82) is 0 Å². The first-order valence-corrected chi connectivity index (χ1v) is 12.9. The number of aromatic nitrogens is 1. The Kier molecular flexibility index (Phi) is 6.34. The van der Waals surface area contributed by atoms with Gasteiger partial charge >= 0.3 is 0 Å². The SMILES string of the molecule is Cc1nc(COc2ccc(Cl)cc2)sc1C(=O)NC1CS(=O)(=O)CC1N1CCCC1. The number of likely N-dealkylation sites (tertiary alicyclic amines) is 1. The zero-order valence-corrected chi connectivity index (χ0v) is 19.0. The largest absolute Gasteiger partial charge is 0.486 e. The minimum Gasteiger partial charge on any atom is -0.486 e. The molecule has 2 aliphatic heterocycles. The van der Waals surface area contributed by atoms with Gasteiger partial charge in [0.2, 0.25) is 0 Å². The van der Waals surface area contributed by atoms with Crippen molar-refractivity contribution in [2.75, 3.05) is 24.6 Å². The summed E-state index contributed by atoms with van der Waals surface area (Å²) in [6.07, 6.45) is 2.14. The lowest BCUT2D eigenvalue weighted by Crippen LogP contribution is -2.50. The molecule has 0 radical (unpaired) electrons. The number of hydrogen-bond donors (Lipinski definition) is 1. The predicted octanol–water partition coefficient (Wildman–Crippen LogP) is 2.68. The van der Waals surface area contributed by atoms with Gasteiger partial charge in [0.25, 0.3) is 5.91 Å². The Bertz CT molecular complexity index is 1020. The Morgan fingerprint density at radius 1 is 1.27 bits per heavy atom. The summed E-state index contributed by atoms with van der Waals surface area (Å²) in [7, 11) is -3.16. The quantitative estimate of drug-likeness (QED) is 0.699. The third-order valence-electron chi connectivity index (χ3n) is 5.47. The van der Waals surface area contributed by atoms with Crippen LogP contribution in [0.15, 0.2) is 24.3 Å². The number of benzene rings is 1. The molecule has 2 unspecified atom stereocenters. The van der Waals surface area contributed by atoms with Crippen LogP contribution in [0, 0.1) is 6.92 Å². The minimum atomic E-state index is -3.16. The highest BCUT2D eigenvalue weighted by Crippen LogP contribution is 2.25. The van der Waals surface area contributed by atoms with E-state index in [1.807, 2.05) is 0 Å². The first-order chi connectivity index (χ1) is 14.3. The first-order valence-electron chi connectivity index (χ1n) is 9.91.